The lowest BCUT2D eigenvalue weighted by atomic mass is 9.74. The van der Waals surface area contributed by atoms with Crippen LogP contribution >= 0.6 is 0 Å². The van der Waals surface area contributed by atoms with Crippen LogP contribution in [0.2, 0.25) is 0 Å². The molecule has 0 bridgehead atoms. The molecule has 1 aliphatic carbocycles. The molecule has 0 amide bonds. The molecule has 1 heteroatoms. The maximum absolute atomic E-state index is 3.88. The molecule has 1 aliphatic rings. The summed E-state index contributed by atoms with van der Waals surface area (Å²) in [6.07, 6.45) is 8.89. The lowest BCUT2D eigenvalue weighted by Gasteiger charge is -2.35. The molecule has 0 aromatic heterocycles. The summed E-state index contributed by atoms with van der Waals surface area (Å²) in [5, 5.41) is 3.63. The van der Waals surface area contributed by atoms with Crippen molar-refractivity contribution in [1.29, 1.82) is 0 Å². The Morgan fingerprint density at radius 3 is 2.19 bits per heavy atom. The molecule has 0 aliphatic heterocycles. The molecule has 1 N–H and O–H groups in total. The van der Waals surface area contributed by atoms with Crippen LogP contribution in [0.25, 0.3) is 0 Å². The molecule has 1 saturated carbocycles. The van der Waals surface area contributed by atoms with E-state index < -0.39 is 0 Å². The summed E-state index contributed by atoms with van der Waals surface area (Å²) in [6.45, 7) is 11.9. The number of rotatable bonds is 6. The topological polar surface area (TPSA) is 12.0 Å². The van der Waals surface area contributed by atoms with Crippen molar-refractivity contribution in [3.05, 3.63) is 12.7 Å². The first-order valence-electron chi connectivity index (χ1n) is 7.03. The van der Waals surface area contributed by atoms with E-state index in [0.717, 1.165) is 30.7 Å². The van der Waals surface area contributed by atoms with Crippen molar-refractivity contribution in [2.24, 2.45) is 17.8 Å². The summed E-state index contributed by atoms with van der Waals surface area (Å²) >= 11 is 0. The van der Waals surface area contributed by atoms with Crippen LogP contribution in [-0.4, -0.2) is 12.6 Å². The summed E-state index contributed by atoms with van der Waals surface area (Å²) < 4.78 is 0. The lowest BCUT2D eigenvalue weighted by molar-refractivity contribution is 0.190. The van der Waals surface area contributed by atoms with E-state index >= 15 is 0 Å². The molecule has 0 spiro atoms. The molecule has 0 aromatic rings. The van der Waals surface area contributed by atoms with Crippen molar-refractivity contribution in [2.75, 3.05) is 6.54 Å². The first-order chi connectivity index (χ1) is 7.69. The molecule has 1 nitrogen and oxygen atoms in total. The van der Waals surface area contributed by atoms with Gasteiger partial charge in [-0.2, -0.15) is 0 Å². The third-order valence-corrected chi connectivity index (χ3v) is 4.22. The summed E-state index contributed by atoms with van der Waals surface area (Å²) in [4.78, 5) is 0. The van der Waals surface area contributed by atoms with Gasteiger partial charge in [0.15, 0.2) is 0 Å². The largest absolute Gasteiger partial charge is 0.314 e. The molecule has 1 unspecified atom stereocenters. The van der Waals surface area contributed by atoms with Crippen LogP contribution in [-0.2, 0) is 0 Å². The fourth-order valence-electron chi connectivity index (χ4n) is 3.10. The molecule has 16 heavy (non-hydrogen) atoms. The monoisotopic (exact) mass is 223 g/mol. The van der Waals surface area contributed by atoms with E-state index in [-0.39, 0.29) is 0 Å². The minimum Gasteiger partial charge on any atom is -0.314 e. The number of nitrogens with one attached hydrogen (secondary N) is 1. The summed E-state index contributed by atoms with van der Waals surface area (Å²) in [7, 11) is 0. The minimum absolute atomic E-state index is 0.676. The molecule has 0 saturated heterocycles. The normalized spacial score (nSPS) is 28.0. The molecular formula is C15H29N. The van der Waals surface area contributed by atoms with Crippen molar-refractivity contribution in [1.82, 2.24) is 5.32 Å². The van der Waals surface area contributed by atoms with E-state index in [0.29, 0.717) is 6.04 Å². The summed E-state index contributed by atoms with van der Waals surface area (Å²) in [6, 6.07) is 0.676. The highest BCUT2D eigenvalue weighted by molar-refractivity contribution is 4.87. The van der Waals surface area contributed by atoms with E-state index in [1.165, 1.54) is 25.7 Å². The van der Waals surface area contributed by atoms with Crippen LogP contribution in [0.5, 0.6) is 0 Å². The second kappa shape index (κ2) is 7.11. The Morgan fingerprint density at radius 2 is 1.75 bits per heavy atom. The molecule has 0 heterocycles. The van der Waals surface area contributed by atoms with Crippen LogP contribution in [0.4, 0.5) is 0 Å². The maximum atomic E-state index is 3.88. The van der Waals surface area contributed by atoms with Gasteiger partial charge in [-0.3, -0.25) is 0 Å². The van der Waals surface area contributed by atoms with Gasteiger partial charge in [-0.05, 0) is 56.4 Å². The number of hydrogen-bond donors (Lipinski definition) is 1. The predicted octanol–water partition coefficient (Wildman–Crippen LogP) is 4.00. The molecule has 0 radical (unpaired) electrons. The van der Waals surface area contributed by atoms with Gasteiger partial charge in [0, 0.05) is 6.04 Å². The second-order valence-electron chi connectivity index (χ2n) is 5.61. The van der Waals surface area contributed by atoms with Gasteiger partial charge >= 0.3 is 0 Å². The Bertz CT molecular complexity index is 190. The lowest BCUT2D eigenvalue weighted by Crippen LogP contribution is -2.38. The van der Waals surface area contributed by atoms with Gasteiger partial charge in [0.1, 0.15) is 0 Å². The Morgan fingerprint density at radius 1 is 1.19 bits per heavy atom. The summed E-state index contributed by atoms with van der Waals surface area (Å²) in [5.74, 6) is 2.73. The predicted molar refractivity (Wildman–Crippen MR) is 72.6 cm³/mol. The quantitative estimate of drug-likeness (QED) is 0.671. The number of hydrogen-bond acceptors (Lipinski definition) is 1. The van der Waals surface area contributed by atoms with Crippen molar-refractivity contribution in [3.8, 4) is 0 Å². The highest BCUT2D eigenvalue weighted by Gasteiger charge is 2.27. The molecular weight excluding hydrogens is 194 g/mol. The highest BCUT2D eigenvalue weighted by atomic mass is 14.9. The zero-order valence-electron chi connectivity index (χ0n) is 11.3. The van der Waals surface area contributed by atoms with Crippen LogP contribution < -0.4 is 5.32 Å². The van der Waals surface area contributed by atoms with Gasteiger partial charge in [-0.15, -0.1) is 6.58 Å². The standard InChI is InChI=1S/C15H29N/c1-5-7-15(16-6-2)14-10-8-13(9-11-14)12(3)4/h5,12-16H,1,6-11H2,2-4H3. The molecule has 94 valence electrons. The van der Waals surface area contributed by atoms with Gasteiger partial charge in [0.25, 0.3) is 0 Å². The minimum atomic E-state index is 0.676. The van der Waals surface area contributed by atoms with E-state index in [2.05, 4.69) is 38.7 Å². The zero-order chi connectivity index (χ0) is 12.0. The van der Waals surface area contributed by atoms with Gasteiger partial charge < -0.3 is 5.32 Å². The van der Waals surface area contributed by atoms with Gasteiger partial charge in [-0.25, -0.2) is 0 Å². The Labute approximate surface area is 102 Å². The highest BCUT2D eigenvalue weighted by Crippen LogP contribution is 2.35. The van der Waals surface area contributed by atoms with E-state index in [1.807, 2.05) is 0 Å². The Kier molecular flexibility index (Phi) is 6.12. The van der Waals surface area contributed by atoms with E-state index in [1.54, 1.807) is 0 Å². The van der Waals surface area contributed by atoms with Crippen molar-refractivity contribution in [3.63, 3.8) is 0 Å². The fourth-order valence-corrected chi connectivity index (χ4v) is 3.10. The Balaban J connectivity index is 2.40. The van der Waals surface area contributed by atoms with Crippen molar-refractivity contribution in [2.45, 2.75) is 58.9 Å². The van der Waals surface area contributed by atoms with Gasteiger partial charge in [0.2, 0.25) is 0 Å². The smallest absolute Gasteiger partial charge is 0.0130 e. The van der Waals surface area contributed by atoms with Crippen molar-refractivity contribution >= 4 is 0 Å². The molecule has 0 aromatic carbocycles. The first-order valence-corrected chi connectivity index (χ1v) is 7.03. The molecule has 1 fully saturated rings. The average Bonchev–Trinajstić information content (AvgIpc) is 2.29. The third kappa shape index (κ3) is 3.93. The average molecular weight is 223 g/mol. The third-order valence-electron chi connectivity index (χ3n) is 4.22. The Hall–Kier alpha value is -0.300. The van der Waals surface area contributed by atoms with Crippen molar-refractivity contribution < 1.29 is 0 Å². The SMILES string of the molecule is C=CCC(NCC)C1CCC(C(C)C)CC1. The molecule has 1 atom stereocenters. The van der Waals surface area contributed by atoms with Crippen LogP contribution in [0.3, 0.4) is 0 Å². The van der Waals surface area contributed by atoms with Gasteiger partial charge in [0.05, 0.1) is 0 Å². The van der Waals surface area contributed by atoms with Gasteiger partial charge in [-0.1, -0.05) is 26.8 Å². The zero-order valence-corrected chi connectivity index (χ0v) is 11.3. The summed E-state index contributed by atoms with van der Waals surface area (Å²) in [5.41, 5.74) is 0. The van der Waals surface area contributed by atoms with E-state index in [4.69, 9.17) is 0 Å². The maximum Gasteiger partial charge on any atom is 0.0130 e. The first kappa shape index (κ1) is 13.8. The second-order valence-corrected chi connectivity index (χ2v) is 5.61. The molecule has 1 rings (SSSR count). The van der Waals surface area contributed by atoms with E-state index in [9.17, 15) is 0 Å². The fraction of sp³-hybridized carbons (Fsp3) is 0.867. The van der Waals surface area contributed by atoms with Crippen LogP contribution in [0, 0.1) is 17.8 Å². The van der Waals surface area contributed by atoms with Crippen LogP contribution in [0.1, 0.15) is 52.9 Å². The van der Waals surface area contributed by atoms with Crippen LogP contribution in [0.15, 0.2) is 12.7 Å².